The molecule has 0 aliphatic rings. The first-order chi connectivity index (χ1) is 18.3. The van der Waals surface area contributed by atoms with Gasteiger partial charge in [0.25, 0.3) is 0 Å². The van der Waals surface area contributed by atoms with Gasteiger partial charge in [-0.3, -0.25) is 14.3 Å². The molecule has 0 saturated heterocycles. The molecular weight excluding hydrogens is 566 g/mol. The van der Waals surface area contributed by atoms with Gasteiger partial charge in [-0.15, -0.1) is 10.2 Å². The van der Waals surface area contributed by atoms with E-state index in [4.69, 9.17) is 27.9 Å². The molecule has 206 valence electrons. The van der Waals surface area contributed by atoms with Crippen molar-refractivity contribution in [2.24, 2.45) is 0 Å². The topological polar surface area (TPSA) is 130 Å². The van der Waals surface area contributed by atoms with Crippen LogP contribution in [0.4, 0.5) is 13.2 Å². The quantitative estimate of drug-likeness (QED) is 0.310. The Kier molecular flexibility index (Phi) is 8.09. The van der Waals surface area contributed by atoms with Crippen LogP contribution in [0.25, 0.3) is 17.1 Å². The molecular formula is C23H20Cl2F3N7O4. The standard InChI is InChI=1S/C23H20Cl2F3N7O4/c1-12(39-13(2)36)20-30-19(31-35(20)17-9-29-8-7-16(17)25)11-34-22(38)33(10-18(37)23(26,27)28)21(32-34)14-3-5-15(24)6-4-14/h3-9,12,18,37H,10-11H2,1-2H3/t12?,18-/m0/s1. The Balaban J connectivity index is 1.79. The van der Waals surface area contributed by atoms with Gasteiger partial charge in [0, 0.05) is 23.7 Å². The SMILES string of the molecule is CC(=O)OC(C)c1nc(Cn2nc(-c3ccc(Cl)cc3)n(C[C@H](O)C(F)(F)F)c2=O)nn1-c1cnccc1Cl. The number of hydrogen-bond donors (Lipinski definition) is 1. The van der Waals surface area contributed by atoms with Crippen molar-refractivity contribution in [3.05, 3.63) is 74.9 Å². The minimum Gasteiger partial charge on any atom is -0.455 e. The van der Waals surface area contributed by atoms with Crippen LogP contribution in [0.5, 0.6) is 0 Å². The number of aliphatic hydroxyl groups excluding tert-OH is 1. The van der Waals surface area contributed by atoms with Crippen molar-refractivity contribution in [2.75, 3.05) is 0 Å². The molecule has 0 fully saturated rings. The minimum absolute atomic E-state index is 0.00898. The Morgan fingerprint density at radius 2 is 1.85 bits per heavy atom. The van der Waals surface area contributed by atoms with Crippen LogP contribution in [-0.4, -0.2) is 57.5 Å². The van der Waals surface area contributed by atoms with Crippen molar-refractivity contribution >= 4 is 29.2 Å². The molecule has 3 aromatic heterocycles. The first-order valence-corrected chi connectivity index (χ1v) is 12.0. The van der Waals surface area contributed by atoms with E-state index in [1.54, 1.807) is 6.92 Å². The summed E-state index contributed by atoms with van der Waals surface area (Å²) < 4.78 is 47.5. The molecule has 0 amide bonds. The first-order valence-electron chi connectivity index (χ1n) is 11.3. The highest BCUT2D eigenvalue weighted by Gasteiger charge is 2.39. The highest BCUT2D eigenvalue weighted by atomic mass is 35.5. The number of ether oxygens (including phenoxy) is 1. The number of nitrogens with zero attached hydrogens (tertiary/aromatic N) is 7. The zero-order chi connectivity index (χ0) is 28.5. The second kappa shape index (κ2) is 11.2. The normalized spacial score (nSPS) is 13.3. The molecule has 16 heteroatoms. The van der Waals surface area contributed by atoms with Crippen LogP contribution in [-0.2, 0) is 22.6 Å². The van der Waals surface area contributed by atoms with Crippen molar-refractivity contribution in [1.29, 1.82) is 0 Å². The molecule has 1 N–H and O–H groups in total. The van der Waals surface area contributed by atoms with Gasteiger partial charge in [0.05, 0.1) is 17.8 Å². The van der Waals surface area contributed by atoms with Gasteiger partial charge >= 0.3 is 17.8 Å². The van der Waals surface area contributed by atoms with Gasteiger partial charge in [0.15, 0.2) is 29.7 Å². The lowest BCUT2D eigenvalue weighted by Crippen LogP contribution is -2.37. The summed E-state index contributed by atoms with van der Waals surface area (Å²) in [6.45, 7) is 1.30. The number of benzene rings is 1. The second-order valence-electron chi connectivity index (χ2n) is 8.32. The molecule has 1 aromatic carbocycles. The fraction of sp³-hybridized carbons (Fsp3) is 0.304. The van der Waals surface area contributed by atoms with Crippen molar-refractivity contribution in [3.63, 3.8) is 0 Å². The fourth-order valence-corrected chi connectivity index (χ4v) is 3.95. The number of hydrogen-bond acceptors (Lipinski definition) is 8. The molecule has 39 heavy (non-hydrogen) atoms. The van der Waals surface area contributed by atoms with Gasteiger partial charge in [-0.1, -0.05) is 23.2 Å². The Labute approximate surface area is 228 Å². The highest BCUT2D eigenvalue weighted by molar-refractivity contribution is 6.32. The lowest BCUT2D eigenvalue weighted by Gasteiger charge is -2.15. The van der Waals surface area contributed by atoms with Crippen LogP contribution in [0.1, 0.15) is 31.6 Å². The Bertz CT molecular complexity index is 1550. The summed E-state index contributed by atoms with van der Waals surface area (Å²) in [5.74, 6) is -0.562. The molecule has 4 rings (SSSR count). The molecule has 0 spiro atoms. The average Bonchev–Trinajstić information content (AvgIpc) is 3.41. The third-order valence-electron chi connectivity index (χ3n) is 5.41. The number of rotatable bonds is 8. The highest BCUT2D eigenvalue weighted by Crippen LogP contribution is 2.26. The van der Waals surface area contributed by atoms with E-state index in [1.165, 1.54) is 54.3 Å². The predicted octanol–water partition coefficient (Wildman–Crippen LogP) is 3.59. The molecule has 0 saturated carbocycles. The summed E-state index contributed by atoms with van der Waals surface area (Å²) >= 11 is 12.2. The number of aliphatic hydroxyl groups is 1. The lowest BCUT2D eigenvalue weighted by molar-refractivity contribution is -0.207. The molecule has 0 aliphatic heterocycles. The summed E-state index contributed by atoms with van der Waals surface area (Å²) in [4.78, 5) is 33.1. The molecule has 2 atom stereocenters. The van der Waals surface area contributed by atoms with E-state index in [2.05, 4.69) is 20.2 Å². The zero-order valence-electron chi connectivity index (χ0n) is 20.3. The molecule has 0 aliphatic carbocycles. The Morgan fingerprint density at radius 1 is 1.15 bits per heavy atom. The van der Waals surface area contributed by atoms with E-state index in [-0.39, 0.29) is 34.6 Å². The number of pyridine rings is 1. The summed E-state index contributed by atoms with van der Waals surface area (Å²) in [6.07, 6.45) is -5.81. The van der Waals surface area contributed by atoms with Crippen LogP contribution >= 0.6 is 23.2 Å². The van der Waals surface area contributed by atoms with E-state index in [0.717, 1.165) is 4.68 Å². The van der Waals surface area contributed by atoms with E-state index >= 15 is 0 Å². The van der Waals surface area contributed by atoms with Crippen LogP contribution in [0.3, 0.4) is 0 Å². The van der Waals surface area contributed by atoms with E-state index in [9.17, 15) is 27.9 Å². The van der Waals surface area contributed by atoms with Gasteiger partial charge in [0.1, 0.15) is 12.2 Å². The molecule has 4 aromatic rings. The minimum atomic E-state index is -4.97. The summed E-state index contributed by atoms with van der Waals surface area (Å²) in [6, 6.07) is 7.42. The number of halogens is 5. The van der Waals surface area contributed by atoms with E-state index in [1.807, 2.05) is 0 Å². The maximum atomic E-state index is 13.2. The Morgan fingerprint density at radius 3 is 2.46 bits per heavy atom. The molecule has 0 radical (unpaired) electrons. The van der Waals surface area contributed by atoms with Crippen LogP contribution in [0, 0.1) is 0 Å². The number of aromatic nitrogens is 7. The predicted molar refractivity (Wildman–Crippen MR) is 132 cm³/mol. The van der Waals surface area contributed by atoms with Gasteiger partial charge in [0.2, 0.25) is 0 Å². The smallest absolute Gasteiger partial charge is 0.416 e. The fourth-order valence-electron chi connectivity index (χ4n) is 3.63. The van der Waals surface area contributed by atoms with E-state index in [0.29, 0.717) is 15.3 Å². The van der Waals surface area contributed by atoms with Crippen LogP contribution < -0.4 is 5.69 Å². The van der Waals surface area contributed by atoms with Crippen molar-refractivity contribution in [1.82, 2.24) is 34.1 Å². The molecule has 0 bridgehead atoms. The first kappa shape index (κ1) is 28.3. The van der Waals surface area contributed by atoms with Crippen LogP contribution in [0.15, 0.2) is 47.5 Å². The third kappa shape index (κ3) is 6.29. The van der Waals surface area contributed by atoms with Crippen LogP contribution in [0.2, 0.25) is 10.0 Å². The monoisotopic (exact) mass is 585 g/mol. The number of alkyl halides is 3. The maximum Gasteiger partial charge on any atom is 0.416 e. The number of carbonyl (C=O) groups is 1. The van der Waals surface area contributed by atoms with Crippen molar-refractivity contribution in [3.8, 4) is 17.1 Å². The van der Waals surface area contributed by atoms with E-state index < -0.39 is 36.6 Å². The number of carbonyl (C=O) groups excluding carboxylic acids is 1. The largest absolute Gasteiger partial charge is 0.455 e. The average molecular weight is 586 g/mol. The van der Waals surface area contributed by atoms with Gasteiger partial charge in [-0.2, -0.15) is 13.2 Å². The lowest BCUT2D eigenvalue weighted by atomic mass is 10.2. The second-order valence-corrected chi connectivity index (χ2v) is 9.16. The number of esters is 1. The van der Waals surface area contributed by atoms with Crippen molar-refractivity contribution in [2.45, 2.75) is 45.3 Å². The third-order valence-corrected chi connectivity index (χ3v) is 5.98. The van der Waals surface area contributed by atoms with Crippen molar-refractivity contribution < 1.29 is 27.8 Å². The summed E-state index contributed by atoms with van der Waals surface area (Å²) in [5.41, 5.74) is -0.358. The maximum absolute atomic E-state index is 13.2. The van der Waals surface area contributed by atoms with Gasteiger partial charge in [-0.25, -0.2) is 19.1 Å². The van der Waals surface area contributed by atoms with Gasteiger partial charge < -0.3 is 9.84 Å². The Hall–Kier alpha value is -3.75. The van der Waals surface area contributed by atoms with Gasteiger partial charge in [-0.05, 0) is 37.3 Å². The molecule has 11 nitrogen and oxygen atoms in total. The zero-order valence-corrected chi connectivity index (χ0v) is 21.8. The summed E-state index contributed by atoms with van der Waals surface area (Å²) in [7, 11) is 0. The summed E-state index contributed by atoms with van der Waals surface area (Å²) in [5, 5.41) is 18.8. The molecule has 1 unspecified atom stereocenters. The molecule has 3 heterocycles.